The lowest BCUT2D eigenvalue weighted by atomic mass is 9.44. The van der Waals surface area contributed by atoms with Crippen LogP contribution in [0.15, 0.2) is 36.5 Å². The monoisotopic (exact) mass is 419 g/mol. The maximum Gasteiger partial charge on any atom is 0.270 e. The summed E-state index contributed by atoms with van der Waals surface area (Å²) in [5.41, 5.74) is 0.738. The van der Waals surface area contributed by atoms with E-state index >= 15 is 0 Å². The third-order valence-corrected chi connectivity index (χ3v) is 5.92. The largest absolute Gasteiger partial charge is 0.484 e. The number of nitrogens with zero attached hydrogens (tertiary/aromatic N) is 1. The predicted molar refractivity (Wildman–Crippen MR) is 106 cm³/mol. The molecule has 5 rings (SSSR count). The van der Waals surface area contributed by atoms with Gasteiger partial charge in [0, 0.05) is 22.3 Å². The van der Waals surface area contributed by atoms with E-state index < -0.39 is 0 Å². The van der Waals surface area contributed by atoms with Crippen molar-refractivity contribution in [3.8, 4) is 5.75 Å². The Hall–Kier alpha value is -2.31. The summed E-state index contributed by atoms with van der Waals surface area (Å²) in [6.07, 6.45) is 3.59. The average Bonchev–Trinajstić information content (AvgIpc) is 2.60. The molecule has 1 aromatic carbocycles. The number of carbonyl (C=O) groups excluding carboxylic acids is 2. The predicted octanol–water partition coefficient (Wildman–Crippen LogP) is 3.30. The molecule has 2 N–H and O–H groups in total. The Kier molecular flexibility index (Phi) is 4.71. The second-order valence-corrected chi connectivity index (χ2v) is 8.50. The number of aromatic nitrogens is 1. The van der Waals surface area contributed by atoms with Crippen LogP contribution in [0.2, 0.25) is 10.0 Å². The fraction of sp³-hybridized carbons (Fsp3) is 0.350. The smallest absolute Gasteiger partial charge is 0.270 e. The highest BCUT2D eigenvalue weighted by atomic mass is 35.5. The highest BCUT2D eigenvalue weighted by Crippen LogP contribution is 2.60. The molecule has 0 spiro atoms. The first-order valence-corrected chi connectivity index (χ1v) is 9.68. The lowest BCUT2D eigenvalue weighted by molar-refractivity contribution is -0.141. The van der Waals surface area contributed by atoms with Crippen LogP contribution in [0.1, 0.15) is 35.3 Å². The summed E-state index contributed by atoms with van der Waals surface area (Å²) >= 11 is 11.8. The fourth-order valence-corrected chi connectivity index (χ4v) is 4.29. The highest BCUT2D eigenvalue weighted by Gasteiger charge is 2.69. The molecule has 28 heavy (non-hydrogen) atoms. The number of rotatable bonds is 6. The zero-order chi connectivity index (χ0) is 19.9. The first kappa shape index (κ1) is 19.0. The number of hydrogen-bond acceptors (Lipinski definition) is 4. The molecule has 8 heteroatoms. The Morgan fingerprint density at radius 2 is 1.82 bits per heavy atom. The van der Waals surface area contributed by atoms with Gasteiger partial charge in [-0.2, -0.15) is 0 Å². The number of hydrogen-bond donors (Lipinski definition) is 2. The number of halogens is 2. The van der Waals surface area contributed by atoms with Gasteiger partial charge in [-0.1, -0.05) is 23.2 Å². The number of nitrogens with one attached hydrogen (secondary N) is 2. The fourth-order valence-electron chi connectivity index (χ4n) is 4.06. The molecule has 0 radical (unpaired) electrons. The SMILES string of the molecule is Cc1cc(OCC(=O)NC23CC(NC(=O)c4ccc(Cl)cn4)(C2)C3)ccc1Cl. The molecule has 3 aliphatic carbocycles. The van der Waals surface area contributed by atoms with Crippen LogP contribution in [0.5, 0.6) is 5.75 Å². The van der Waals surface area contributed by atoms with Gasteiger partial charge in [-0.15, -0.1) is 0 Å². The van der Waals surface area contributed by atoms with E-state index in [4.69, 9.17) is 27.9 Å². The van der Waals surface area contributed by atoms with E-state index in [-0.39, 0.29) is 29.5 Å². The molecule has 0 aliphatic heterocycles. The van der Waals surface area contributed by atoms with Crippen LogP contribution < -0.4 is 15.4 Å². The van der Waals surface area contributed by atoms with Crippen LogP contribution in [0.4, 0.5) is 0 Å². The number of benzene rings is 1. The summed E-state index contributed by atoms with van der Waals surface area (Å²) in [4.78, 5) is 28.5. The Balaban J connectivity index is 1.24. The van der Waals surface area contributed by atoms with Crippen LogP contribution in [-0.2, 0) is 4.79 Å². The molecule has 0 saturated heterocycles. The number of aryl methyl sites for hydroxylation is 1. The number of amides is 2. The molecule has 2 bridgehead atoms. The summed E-state index contributed by atoms with van der Waals surface area (Å²) in [6, 6.07) is 8.50. The maximum absolute atomic E-state index is 12.3. The normalized spacial score (nSPS) is 24.5. The van der Waals surface area contributed by atoms with E-state index in [1.165, 1.54) is 6.20 Å². The molecular formula is C20H19Cl2N3O3. The Bertz CT molecular complexity index is 926. The number of ether oxygens (including phenoxy) is 1. The van der Waals surface area contributed by atoms with Gasteiger partial charge in [-0.25, -0.2) is 4.98 Å². The van der Waals surface area contributed by atoms with Crippen molar-refractivity contribution >= 4 is 35.0 Å². The zero-order valence-electron chi connectivity index (χ0n) is 15.2. The van der Waals surface area contributed by atoms with Crippen LogP contribution >= 0.6 is 23.2 Å². The van der Waals surface area contributed by atoms with E-state index in [1.807, 2.05) is 6.92 Å². The molecule has 3 fully saturated rings. The topological polar surface area (TPSA) is 80.3 Å². The van der Waals surface area contributed by atoms with Gasteiger partial charge in [0.25, 0.3) is 11.8 Å². The first-order valence-electron chi connectivity index (χ1n) is 8.92. The molecule has 3 aliphatic rings. The van der Waals surface area contributed by atoms with Crippen LogP contribution in [0, 0.1) is 6.92 Å². The zero-order valence-corrected chi connectivity index (χ0v) is 16.7. The second kappa shape index (κ2) is 6.94. The molecule has 1 aromatic heterocycles. The summed E-state index contributed by atoms with van der Waals surface area (Å²) in [5, 5.41) is 7.19. The molecule has 1 heterocycles. The highest BCUT2D eigenvalue weighted by molar-refractivity contribution is 6.31. The molecule has 0 atom stereocenters. The molecule has 6 nitrogen and oxygen atoms in total. The minimum absolute atomic E-state index is 0.0587. The van der Waals surface area contributed by atoms with Crippen molar-refractivity contribution in [2.45, 2.75) is 37.3 Å². The third kappa shape index (κ3) is 3.66. The van der Waals surface area contributed by atoms with E-state index in [2.05, 4.69) is 15.6 Å². The van der Waals surface area contributed by atoms with E-state index in [0.29, 0.717) is 40.8 Å². The van der Waals surface area contributed by atoms with Crippen LogP contribution in [0.25, 0.3) is 0 Å². The van der Waals surface area contributed by atoms with Gasteiger partial charge in [0.2, 0.25) is 0 Å². The molecule has 2 aromatic rings. The van der Waals surface area contributed by atoms with Gasteiger partial charge in [0.1, 0.15) is 11.4 Å². The molecule has 146 valence electrons. The van der Waals surface area contributed by atoms with Gasteiger partial charge < -0.3 is 15.4 Å². The molecular weight excluding hydrogens is 401 g/mol. The summed E-state index contributed by atoms with van der Waals surface area (Å²) in [5.74, 6) is 0.207. The Labute approximate surface area is 172 Å². The van der Waals surface area contributed by atoms with Gasteiger partial charge in [-0.05, 0) is 62.1 Å². The summed E-state index contributed by atoms with van der Waals surface area (Å²) in [7, 11) is 0. The van der Waals surface area contributed by atoms with Crippen molar-refractivity contribution in [3.05, 3.63) is 57.8 Å². The van der Waals surface area contributed by atoms with Crippen LogP contribution in [-0.4, -0.2) is 34.5 Å². The summed E-state index contributed by atoms with van der Waals surface area (Å²) in [6.45, 7) is 1.82. The van der Waals surface area contributed by atoms with Crippen molar-refractivity contribution in [1.82, 2.24) is 15.6 Å². The minimum atomic E-state index is -0.250. The van der Waals surface area contributed by atoms with Crippen molar-refractivity contribution in [3.63, 3.8) is 0 Å². The van der Waals surface area contributed by atoms with Crippen molar-refractivity contribution in [1.29, 1.82) is 0 Å². The molecule has 0 unspecified atom stereocenters. The van der Waals surface area contributed by atoms with Gasteiger partial charge in [0.05, 0.1) is 5.02 Å². The lowest BCUT2D eigenvalue weighted by Crippen LogP contribution is -2.84. The first-order chi connectivity index (χ1) is 13.3. The van der Waals surface area contributed by atoms with E-state index in [1.54, 1.807) is 30.3 Å². The molecule has 2 amide bonds. The quantitative estimate of drug-likeness (QED) is 0.752. The number of carbonyl (C=O) groups is 2. The van der Waals surface area contributed by atoms with Gasteiger partial charge >= 0.3 is 0 Å². The second-order valence-electron chi connectivity index (χ2n) is 7.65. The van der Waals surface area contributed by atoms with Crippen molar-refractivity contribution in [2.24, 2.45) is 0 Å². The number of pyridine rings is 1. The molecule has 3 saturated carbocycles. The van der Waals surface area contributed by atoms with E-state index in [9.17, 15) is 9.59 Å². The van der Waals surface area contributed by atoms with Crippen LogP contribution in [0.3, 0.4) is 0 Å². The standard InChI is InChI=1S/C20H19Cl2N3O3/c1-12-6-14(3-4-15(12)22)28-8-17(26)24-19-9-20(10-19,11-19)25-18(27)16-5-2-13(21)7-23-16/h2-7H,8-11H2,1H3,(H,24,26)(H,25,27). The van der Waals surface area contributed by atoms with E-state index in [0.717, 1.165) is 5.56 Å². The van der Waals surface area contributed by atoms with Gasteiger partial charge in [0.15, 0.2) is 6.61 Å². The maximum atomic E-state index is 12.3. The lowest BCUT2D eigenvalue weighted by Gasteiger charge is -2.70. The Morgan fingerprint density at radius 3 is 2.46 bits per heavy atom. The average molecular weight is 420 g/mol. The van der Waals surface area contributed by atoms with Crippen molar-refractivity contribution in [2.75, 3.05) is 6.61 Å². The Morgan fingerprint density at radius 1 is 1.11 bits per heavy atom. The third-order valence-electron chi connectivity index (χ3n) is 5.27. The minimum Gasteiger partial charge on any atom is -0.484 e. The van der Waals surface area contributed by atoms with Gasteiger partial charge in [-0.3, -0.25) is 9.59 Å². The summed E-state index contributed by atoms with van der Waals surface area (Å²) < 4.78 is 5.53. The van der Waals surface area contributed by atoms with Crippen molar-refractivity contribution < 1.29 is 14.3 Å².